The van der Waals surface area contributed by atoms with E-state index in [0.717, 1.165) is 37.4 Å². The summed E-state index contributed by atoms with van der Waals surface area (Å²) >= 11 is 0. The van der Waals surface area contributed by atoms with Gasteiger partial charge in [0, 0.05) is 44.1 Å². The standard InChI is InChI=1S/C21H26FN5O2/c1-26-10-12-27(13-11-26)19-8-6-18(7-9-19)25-20(28)15-24-21(29)23-14-16-2-4-17(22)5-3-16/h2-9H,10-15H2,1H3,(H,25,28)(H2,23,24,29). The highest BCUT2D eigenvalue weighted by molar-refractivity contribution is 5.94. The minimum atomic E-state index is -0.463. The SMILES string of the molecule is CN1CCN(c2ccc(NC(=O)CNC(=O)NCc3ccc(F)cc3)cc2)CC1. The molecule has 29 heavy (non-hydrogen) atoms. The lowest BCUT2D eigenvalue weighted by atomic mass is 10.2. The first-order valence-electron chi connectivity index (χ1n) is 9.59. The number of amides is 3. The number of likely N-dealkylation sites (N-methyl/N-ethyl adjacent to an activating group) is 1. The van der Waals surface area contributed by atoms with Crippen molar-refractivity contribution >= 4 is 23.3 Å². The normalized spacial score (nSPS) is 14.3. The van der Waals surface area contributed by atoms with Gasteiger partial charge in [-0.05, 0) is 49.0 Å². The number of nitrogens with one attached hydrogen (secondary N) is 3. The molecule has 1 aliphatic heterocycles. The van der Waals surface area contributed by atoms with E-state index >= 15 is 0 Å². The Morgan fingerprint density at radius 3 is 2.24 bits per heavy atom. The second-order valence-electron chi connectivity index (χ2n) is 7.05. The van der Waals surface area contributed by atoms with E-state index in [0.29, 0.717) is 5.69 Å². The Morgan fingerprint density at radius 1 is 0.931 bits per heavy atom. The fourth-order valence-corrected chi connectivity index (χ4v) is 3.03. The van der Waals surface area contributed by atoms with Crippen LogP contribution in [0, 0.1) is 5.82 Å². The van der Waals surface area contributed by atoms with Crippen LogP contribution in [0.15, 0.2) is 48.5 Å². The number of carbonyl (C=O) groups excluding carboxylic acids is 2. The molecule has 154 valence electrons. The average Bonchev–Trinajstić information content (AvgIpc) is 2.73. The van der Waals surface area contributed by atoms with Gasteiger partial charge in [0.25, 0.3) is 0 Å². The van der Waals surface area contributed by atoms with E-state index in [1.165, 1.54) is 12.1 Å². The number of anilines is 2. The van der Waals surface area contributed by atoms with Crippen molar-refractivity contribution in [3.8, 4) is 0 Å². The summed E-state index contributed by atoms with van der Waals surface area (Å²) in [6.07, 6.45) is 0. The zero-order chi connectivity index (χ0) is 20.6. The van der Waals surface area contributed by atoms with Gasteiger partial charge in [0.05, 0.1) is 6.54 Å². The summed E-state index contributed by atoms with van der Waals surface area (Å²) < 4.78 is 12.9. The van der Waals surface area contributed by atoms with Gasteiger partial charge in [-0.1, -0.05) is 12.1 Å². The van der Waals surface area contributed by atoms with Crippen LogP contribution in [0.25, 0.3) is 0 Å². The zero-order valence-corrected chi connectivity index (χ0v) is 16.5. The molecule has 0 atom stereocenters. The molecule has 2 aromatic rings. The van der Waals surface area contributed by atoms with Crippen LogP contribution in [-0.2, 0) is 11.3 Å². The molecule has 0 aliphatic carbocycles. The number of carbonyl (C=O) groups is 2. The van der Waals surface area contributed by atoms with E-state index in [9.17, 15) is 14.0 Å². The molecule has 8 heteroatoms. The van der Waals surface area contributed by atoms with Crippen molar-refractivity contribution in [3.05, 3.63) is 59.9 Å². The molecule has 0 radical (unpaired) electrons. The van der Waals surface area contributed by atoms with Crippen LogP contribution in [0.5, 0.6) is 0 Å². The molecule has 0 aromatic heterocycles. The summed E-state index contributed by atoms with van der Waals surface area (Å²) in [7, 11) is 2.12. The third-order valence-corrected chi connectivity index (χ3v) is 4.80. The number of piperazine rings is 1. The first kappa shape index (κ1) is 20.6. The zero-order valence-electron chi connectivity index (χ0n) is 16.5. The molecule has 0 unspecified atom stereocenters. The maximum Gasteiger partial charge on any atom is 0.315 e. The topological polar surface area (TPSA) is 76.7 Å². The van der Waals surface area contributed by atoms with Crippen molar-refractivity contribution in [2.75, 3.05) is 50.0 Å². The molecule has 1 heterocycles. The van der Waals surface area contributed by atoms with E-state index < -0.39 is 6.03 Å². The smallest absolute Gasteiger partial charge is 0.315 e. The van der Waals surface area contributed by atoms with Crippen molar-refractivity contribution in [3.63, 3.8) is 0 Å². The molecule has 3 N–H and O–H groups in total. The number of benzene rings is 2. The van der Waals surface area contributed by atoms with Gasteiger partial charge >= 0.3 is 6.03 Å². The molecular weight excluding hydrogens is 373 g/mol. The summed E-state index contributed by atoms with van der Waals surface area (Å²) in [4.78, 5) is 28.5. The van der Waals surface area contributed by atoms with Gasteiger partial charge in [0.1, 0.15) is 5.82 Å². The number of rotatable bonds is 6. The highest BCUT2D eigenvalue weighted by Crippen LogP contribution is 2.19. The molecular formula is C21H26FN5O2. The maximum atomic E-state index is 12.9. The largest absolute Gasteiger partial charge is 0.369 e. The molecule has 0 saturated carbocycles. The molecule has 0 bridgehead atoms. The maximum absolute atomic E-state index is 12.9. The van der Waals surface area contributed by atoms with Crippen molar-refractivity contribution in [1.82, 2.24) is 15.5 Å². The quantitative estimate of drug-likeness (QED) is 0.695. The van der Waals surface area contributed by atoms with Gasteiger partial charge in [0.2, 0.25) is 5.91 Å². The number of urea groups is 1. The van der Waals surface area contributed by atoms with Gasteiger partial charge in [-0.15, -0.1) is 0 Å². The molecule has 3 amide bonds. The summed E-state index contributed by atoms with van der Waals surface area (Å²) in [5, 5.41) is 7.89. The summed E-state index contributed by atoms with van der Waals surface area (Å²) in [5.41, 5.74) is 2.59. The monoisotopic (exact) mass is 399 g/mol. The molecule has 1 fully saturated rings. The third kappa shape index (κ3) is 6.46. The Hall–Kier alpha value is -3.13. The average molecular weight is 399 g/mol. The van der Waals surface area contributed by atoms with E-state index in [2.05, 4.69) is 32.8 Å². The Balaban J connectivity index is 1.38. The minimum Gasteiger partial charge on any atom is -0.369 e. The second-order valence-corrected chi connectivity index (χ2v) is 7.05. The number of nitrogens with zero attached hydrogens (tertiary/aromatic N) is 2. The van der Waals surface area contributed by atoms with Crippen LogP contribution in [0.1, 0.15) is 5.56 Å². The summed E-state index contributed by atoms with van der Waals surface area (Å²) in [6.45, 7) is 4.15. The highest BCUT2D eigenvalue weighted by atomic mass is 19.1. The Labute approximate surface area is 169 Å². The first-order valence-corrected chi connectivity index (χ1v) is 9.59. The Morgan fingerprint density at radius 2 is 1.59 bits per heavy atom. The molecule has 0 spiro atoms. The van der Waals surface area contributed by atoms with Gasteiger partial charge in [0.15, 0.2) is 0 Å². The first-order chi connectivity index (χ1) is 14.0. The highest BCUT2D eigenvalue weighted by Gasteiger charge is 2.14. The lowest BCUT2D eigenvalue weighted by molar-refractivity contribution is -0.115. The minimum absolute atomic E-state index is 0.143. The Bertz CT molecular complexity index is 818. The van der Waals surface area contributed by atoms with Crippen LogP contribution in [0.4, 0.5) is 20.6 Å². The Kier molecular flexibility index (Phi) is 7.02. The molecule has 2 aromatic carbocycles. The predicted molar refractivity (Wildman–Crippen MR) is 111 cm³/mol. The molecule has 7 nitrogen and oxygen atoms in total. The number of hydrogen-bond acceptors (Lipinski definition) is 4. The third-order valence-electron chi connectivity index (χ3n) is 4.80. The van der Waals surface area contributed by atoms with Crippen molar-refractivity contribution in [2.24, 2.45) is 0 Å². The van der Waals surface area contributed by atoms with Crippen molar-refractivity contribution in [1.29, 1.82) is 0 Å². The van der Waals surface area contributed by atoms with Gasteiger partial charge < -0.3 is 25.8 Å². The van der Waals surface area contributed by atoms with Crippen LogP contribution < -0.4 is 20.9 Å². The van der Waals surface area contributed by atoms with Crippen LogP contribution in [0.3, 0.4) is 0 Å². The van der Waals surface area contributed by atoms with Crippen molar-refractivity contribution in [2.45, 2.75) is 6.54 Å². The molecule has 3 rings (SSSR count). The van der Waals surface area contributed by atoms with E-state index in [-0.39, 0.29) is 24.8 Å². The van der Waals surface area contributed by atoms with Gasteiger partial charge in [-0.3, -0.25) is 4.79 Å². The molecule has 1 saturated heterocycles. The predicted octanol–water partition coefficient (Wildman–Crippen LogP) is 2.02. The summed E-state index contributed by atoms with van der Waals surface area (Å²) in [5.74, 6) is -0.638. The van der Waals surface area contributed by atoms with E-state index in [1.807, 2.05) is 24.3 Å². The van der Waals surface area contributed by atoms with Crippen LogP contribution >= 0.6 is 0 Å². The lowest BCUT2D eigenvalue weighted by Gasteiger charge is -2.34. The second kappa shape index (κ2) is 9.88. The summed E-state index contributed by atoms with van der Waals surface area (Å²) in [6, 6.07) is 13.1. The van der Waals surface area contributed by atoms with Gasteiger partial charge in [-0.25, -0.2) is 9.18 Å². The van der Waals surface area contributed by atoms with Crippen LogP contribution in [-0.4, -0.2) is 56.6 Å². The fourth-order valence-electron chi connectivity index (χ4n) is 3.03. The van der Waals surface area contributed by atoms with E-state index in [1.54, 1.807) is 12.1 Å². The number of halogens is 1. The van der Waals surface area contributed by atoms with E-state index in [4.69, 9.17) is 0 Å². The fraction of sp³-hybridized carbons (Fsp3) is 0.333. The van der Waals surface area contributed by atoms with Crippen LogP contribution in [0.2, 0.25) is 0 Å². The van der Waals surface area contributed by atoms with Gasteiger partial charge in [-0.2, -0.15) is 0 Å². The molecule has 1 aliphatic rings. The lowest BCUT2D eigenvalue weighted by Crippen LogP contribution is -2.44. The number of hydrogen-bond donors (Lipinski definition) is 3. The van der Waals surface area contributed by atoms with Crippen molar-refractivity contribution < 1.29 is 14.0 Å².